The summed E-state index contributed by atoms with van der Waals surface area (Å²) >= 11 is 1.74. The lowest BCUT2D eigenvalue weighted by Gasteiger charge is -2.32. The zero-order chi connectivity index (χ0) is 20.5. The van der Waals surface area contributed by atoms with Crippen molar-refractivity contribution in [3.63, 3.8) is 0 Å². The van der Waals surface area contributed by atoms with Gasteiger partial charge in [0.25, 0.3) is 0 Å². The highest BCUT2D eigenvalue weighted by Gasteiger charge is 2.27. The first kappa shape index (κ1) is 19.4. The Labute approximate surface area is 180 Å². The van der Waals surface area contributed by atoms with E-state index in [1.807, 2.05) is 35.2 Å². The van der Waals surface area contributed by atoms with Crippen molar-refractivity contribution in [3.05, 3.63) is 64.2 Å². The number of carbonyl (C=O) groups is 2. The third kappa shape index (κ3) is 3.91. The van der Waals surface area contributed by atoms with Gasteiger partial charge in [0, 0.05) is 37.4 Å². The first-order valence-corrected chi connectivity index (χ1v) is 11.8. The molecule has 30 heavy (non-hydrogen) atoms. The number of carbonyl (C=O) groups excluding carboxylic acids is 2. The van der Waals surface area contributed by atoms with Gasteiger partial charge in [0.2, 0.25) is 5.91 Å². The fraction of sp³-hybridized carbons (Fsp3) is 0.400. The molecule has 5 rings (SSSR count). The molecule has 2 aromatic carbocycles. The summed E-state index contributed by atoms with van der Waals surface area (Å²) in [6, 6.07) is 14.3. The normalized spacial score (nSPS) is 18.5. The maximum Gasteiger partial charge on any atom is 0.223 e. The first-order chi connectivity index (χ1) is 14.7. The van der Waals surface area contributed by atoms with E-state index in [1.165, 1.54) is 22.2 Å². The molecule has 5 heteroatoms. The van der Waals surface area contributed by atoms with Gasteiger partial charge in [-0.3, -0.25) is 9.59 Å². The first-order valence-electron chi connectivity index (χ1n) is 11.0. The number of rotatable bonds is 5. The number of aryl methyl sites for hydroxylation is 2. The molecule has 1 aliphatic carbocycles. The van der Waals surface area contributed by atoms with Crippen LogP contribution in [-0.2, 0) is 17.6 Å². The number of likely N-dealkylation sites (tertiary alicyclic amines) is 1. The second-order valence-electron chi connectivity index (χ2n) is 8.46. The molecule has 1 aromatic heterocycles. The van der Waals surface area contributed by atoms with Crippen molar-refractivity contribution in [2.24, 2.45) is 0 Å². The van der Waals surface area contributed by atoms with Gasteiger partial charge in [-0.25, -0.2) is 4.98 Å². The minimum absolute atomic E-state index is 0.0813. The third-order valence-electron chi connectivity index (χ3n) is 6.42. The van der Waals surface area contributed by atoms with E-state index in [0.717, 1.165) is 48.3 Å². The molecule has 1 amide bonds. The minimum atomic E-state index is 0.0813. The topological polar surface area (TPSA) is 50.3 Å². The Balaban J connectivity index is 1.20. The molecule has 0 saturated carbocycles. The van der Waals surface area contributed by atoms with Crippen LogP contribution in [0.3, 0.4) is 0 Å². The van der Waals surface area contributed by atoms with Crippen molar-refractivity contribution in [1.29, 1.82) is 0 Å². The number of thiazole rings is 1. The van der Waals surface area contributed by atoms with Gasteiger partial charge in [-0.2, -0.15) is 0 Å². The van der Waals surface area contributed by atoms with Crippen molar-refractivity contribution in [1.82, 2.24) is 9.88 Å². The molecule has 154 valence electrons. The summed E-state index contributed by atoms with van der Waals surface area (Å²) in [7, 11) is 0. The number of amides is 1. The number of para-hydroxylation sites is 1. The Kier molecular flexibility index (Phi) is 5.38. The summed E-state index contributed by atoms with van der Waals surface area (Å²) in [5.74, 6) is 0.473. The van der Waals surface area contributed by atoms with Crippen LogP contribution in [0, 0.1) is 0 Å². The van der Waals surface area contributed by atoms with Crippen LogP contribution >= 0.6 is 11.3 Å². The molecule has 1 aliphatic heterocycles. The highest BCUT2D eigenvalue weighted by Crippen LogP contribution is 2.33. The highest BCUT2D eigenvalue weighted by atomic mass is 32.1. The van der Waals surface area contributed by atoms with Crippen LogP contribution < -0.4 is 0 Å². The van der Waals surface area contributed by atoms with Crippen LogP contribution in [0.15, 0.2) is 42.5 Å². The Bertz CT molecular complexity index is 1070. The van der Waals surface area contributed by atoms with E-state index >= 15 is 0 Å². The molecule has 0 N–H and O–H groups in total. The molecule has 0 spiro atoms. The molecule has 1 atom stereocenters. The summed E-state index contributed by atoms with van der Waals surface area (Å²) in [4.78, 5) is 32.2. The monoisotopic (exact) mass is 418 g/mol. The second-order valence-corrected chi connectivity index (χ2v) is 9.52. The van der Waals surface area contributed by atoms with Crippen LogP contribution in [-0.4, -0.2) is 34.7 Å². The largest absolute Gasteiger partial charge is 0.342 e. The number of fused-ring (bicyclic) bond motifs is 2. The molecule has 0 unspecified atom stereocenters. The van der Waals surface area contributed by atoms with Crippen LogP contribution in [0.25, 0.3) is 10.2 Å². The number of aromatic nitrogens is 1. The Morgan fingerprint density at radius 2 is 1.90 bits per heavy atom. The van der Waals surface area contributed by atoms with Gasteiger partial charge in [-0.15, -0.1) is 11.3 Å². The lowest BCUT2D eigenvalue weighted by atomic mass is 9.97. The van der Waals surface area contributed by atoms with Crippen LogP contribution in [0.4, 0.5) is 0 Å². The summed E-state index contributed by atoms with van der Waals surface area (Å²) in [6.45, 7) is 1.50. The number of hydrogen-bond acceptors (Lipinski definition) is 4. The Morgan fingerprint density at radius 3 is 2.80 bits per heavy atom. The molecular weight excluding hydrogens is 392 g/mol. The van der Waals surface area contributed by atoms with E-state index in [2.05, 4.69) is 12.1 Å². The van der Waals surface area contributed by atoms with Crippen molar-refractivity contribution < 1.29 is 9.59 Å². The Morgan fingerprint density at radius 1 is 1.03 bits per heavy atom. The molecule has 2 heterocycles. The van der Waals surface area contributed by atoms with E-state index in [1.54, 1.807) is 11.3 Å². The predicted molar refractivity (Wildman–Crippen MR) is 120 cm³/mol. The molecule has 1 fully saturated rings. The molecule has 0 radical (unpaired) electrons. The summed E-state index contributed by atoms with van der Waals surface area (Å²) in [5.41, 5.74) is 4.48. The van der Waals surface area contributed by atoms with Crippen molar-refractivity contribution in [3.8, 4) is 0 Å². The molecule has 0 bridgehead atoms. The number of hydrogen-bond donors (Lipinski definition) is 0. The predicted octanol–water partition coefficient (Wildman–Crippen LogP) is 5.15. The maximum absolute atomic E-state index is 12.8. The van der Waals surface area contributed by atoms with E-state index in [-0.39, 0.29) is 11.7 Å². The molecule has 4 nitrogen and oxygen atoms in total. The number of Topliss-reactive ketones (excluding diaryl/α,β-unsaturated/α-hetero) is 1. The number of piperidine rings is 1. The SMILES string of the molecule is O=C(CCC(=O)N1CCC[C@@H](c2nc3ccccc3s2)C1)c1ccc2c(c1)CCC2. The van der Waals surface area contributed by atoms with Crippen LogP contribution in [0.2, 0.25) is 0 Å². The lowest BCUT2D eigenvalue weighted by Crippen LogP contribution is -2.39. The fourth-order valence-electron chi connectivity index (χ4n) is 4.74. The quantitative estimate of drug-likeness (QED) is 0.538. The highest BCUT2D eigenvalue weighted by molar-refractivity contribution is 7.18. The zero-order valence-electron chi connectivity index (χ0n) is 17.1. The van der Waals surface area contributed by atoms with Gasteiger partial charge < -0.3 is 4.90 Å². The molecule has 2 aliphatic rings. The molecular formula is C25H26N2O2S. The smallest absolute Gasteiger partial charge is 0.223 e. The maximum atomic E-state index is 12.8. The number of ketones is 1. The third-order valence-corrected chi connectivity index (χ3v) is 7.62. The molecule has 1 saturated heterocycles. The summed E-state index contributed by atoms with van der Waals surface area (Å²) in [6.07, 6.45) is 6.00. The van der Waals surface area contributed by atoms with Crippen LogP contribution in [0.5, 0.6) is 0 Å². The Hall–Kier alpha value is -2.53. The van der Waals surface area contributed by atoms with Gasteiger partial charge in [0.05, 0.1) is 15.2 Å². The number of nitrogens with zero attached hydrogens (tertiary/aromatic N) is 2. The van der Waals surface area contributed by atoms with E-state index in [4.69, 9.17) is 4.98 Å². The standard InChI is InChI=1S/C25H26N2O2S/c28-22(19-11-10-17-5-3-6-18(17)15-19)12-13-24(29)27-14-4-7-20(16-27)25-26-21-8-1-2-9-23(21)30-25/h1-2,8-11,15,20H,3-7,12-14,16H2/t20-/m1/s1. The lowest BCUT2D eigenvalue weighted by molar-refractivity contribution is -0.132. The average molecular weight is 419 g/mol. The zero-order valence-corrected chi connectivity index (χ0v) is 17.9. The van der Waals surface area contributed by atoms with Gasteiger partial charge in [-0.05, 0) is 61.4 Å². The van der Waals surface area contributed by atoms with Crippen LogP contribution in [0.1, 0.15) is 64.5 Å². The minimum Gasteiger partial charge on any atom is -0.342 e. The summed E-state index contributed by atoms with van der Waals surface area (Å²) in [5, 5.41) is 1.13. The van der Waals surface area contributed by atoms with Crippen molar-refractivity contribution in [2.75, 3.05) is 13.1 Å². The molecule has 3 aromatic rings. The fourth-order valence-corrected chi connectivity index (χ4v) is 5.83. The summed E-state index contributed by atoms with van der Waals surface area (Å²) < 4.78 is 1.20. The van der Waals surface area contributed by atoms with E-state index in [9.17, 15) is 9.59 Å². The second kappa shape index (κ2) is 8.31. The number of benzene rings is 2. The average Bonchev–Trinajstić information content (AvgIpc) is 3.43. The van der Waals surface area contributed by atoms with Gasteiger partial charge >= 0.3 is 0 Å². The van der Waals surface area contributed by atoms with E-state index in [0.29, 0.717) is 25.3 Å². The van der Waals surface area contributed by atoms with Gasteiger partial charge in [0.1, 0.15) is 0 Å². The van der Waals surface area contributed by atoms with Crippen molar-refractivity contribution in [2.45, 2.75) is 50.9 Å². The van der Waals surface area contributed by atoms with Crippen molar-refractivity contribution >= 4 is 33.2 Å². The van der Waals surface area contributed by atoms with Gasteiger partial charge in [-0.1, -0.05) is 24.3 Å². The van der Waals surface area contributed by atoms with E-state index < -0.39 is 0 Å². The van der Waals surface area contributed by atoms with Gasteiger partial charge in [0.15, 0.2) is 5.78 Å².